The van der Waals surface area contributed by atoms with Gasteiger partial charge in [0.25, 0.3) is 5.91 Å². The van der Waals surface area contributed by atoms with Gasteiger partial charge in [0, 0.05) is 18.1 Å². The third-order valence-corrected chi connectivity index (χ3v) is 3.50. The fraction of sp³-hybridized carbons (Fsp3) is 0.0526. The molecule has 1 aromatic carbocycles. The predicted octanol–water partition coefficient (Wildman–Crippen LogP) is 3.26. The fourth-order valence-corrected chi connectivity index (χ4v) is 2.24. The number of esters is 1. The maximum absolute atomic E-state index is 12.1. The van der Waals surface area contributed by atoms with E-state index in [0.717, 1.165) is 5.69 Å². The van der Waals surface area contributed by atoms with Crippen LogP contribution in [0.3, 0.4) is 0 Å². The number of benzene rings is 1. The summed E-state index contributed by atoms with van der Waals surface area (Å²) in [6.45, 7) is 0. The van der Waals surface area contributed by atoms with Crippen molar-refractivity contribution in [1.82, 2.24) is 9.97 Å². The molecule has 0 aliphatic carbocycles. The van der Waals surface area contributed by atoms with Gasteiger partial charge in [-0.05, 0) is 42.5 Å². The van der Waals surface area contributed by atoms with Crippen LogP contribution in [0.2, 0.25) is 0 Å². The molecule has 0 spiro atoms. The molecule has 0 aliphatic rings. The van der Waals surface area contributed by atoms with Crippen molar-refractivity contribution in [2.75, 3.05) is 17.7 Å². The number of pyridine rings is 2. The lowest BCUT2D eigenvalue weighted by Gasteiger charge is -2.09. The third-order valence-electron chi connectivity index (χ3n) is 3.50. The summed E-state index contributed by atoms with van der Waals surface area (Å²) in [6.07, 6.45) is 4.67. The number of hydrogen-bond donors (Lipinski definition) is 2. The van der Waals surface area contributed by atoms with Crippen LogP contribution in [0.1, 0.15) is 20.7 Å². The third kappa shape index (κ3) is 4.21. The molecule has 2 aromatic heterocycles. The lowest BCUT2D eigenvalue weighted by molar-refractivity contribution is 0.0600. The van der Waals surface area contributed by atoms with Gasteiger partial charge in [0.15, 0.2) is 0 Å². The number of methoxy groups -OCH3 is 1. The van der Waals surface area contributed by atoms with Crippen molar-refractivity contribution in [2.45, 2.75) is 0 Å². The van der Waals surface area contributed by atoms with Crippen LogP contribution >= 0.6 is 0 Å². The van der Waals surface area contributed by atoms with E-state index in [0.29, 0.717) is 22.6 Å². The van der Waals surface area contributed by atoms with Gasteiger partial charge >= 0.3 is 5.97 Å². The minimum atomic E-state index is -0.403. The zero-order valence-corrected chi connectivity index (χ0v) is 14.0. The van der Waals surface area contributed by atoms with E-state index in [1.807, 2.05) is 6.07 Å². The number of carbonyl (C=O) groups excluding carboxylic acids is 2. The standard InChI is InChI=1S/C19H16N4O3/c1-26-19(25)13-4-2-6-15(10-13)22-16-7-8-17(21-12-16)23-18(24)14-5-3-9-20-11-14/h2-12,22H,1H3,(H,21,23,24). The van der Waals surface area contributed by atoms with Gasteiger partial charge in [-0.15, -0.1) is 0 Å². The van der Waals surface area contributed by atoms with Crippen molar-refractivity contribution in [3.05, 3.63) is 78.2 Å². The Bertz CT molecular complexity index is 912. The molecule has 0 saturated carbocycles. The van der Waals surface area contributed by atoms with Gasteiger partial charge in [0.05, 0.1) is 30.1 Å². The van der Waals surface area contributed by atoms with Gasteiger partial charge in [-0.1, -0.05) is 6.07 Å². The Morgan fingerprint density at radius 3 is 2.50 bits per heavy atom. The summed E-state index contributed by atoms with van der Waals surface area (Å²) >= 11 is 0. The minimum absolute atomic E-state index is 0.280. The van der Waals surface area contributed by atoms with Crippen molar-refractivity contribution in [1.29, 1.82) is 0 Å². The Labute approximate surface area is 150 Å². The molecule has 2 N–H and O–H groups in total. The average Bonchev–Trinajstić information content (AvgIpc) is 2.69. The Hall–Kier alpha value is -3.74. The largest absolute Gasteiger partial charge is 0.465 e. The molecule has 0 radical (unpaired) electrons. The molecule has 7 nitrogen and oxygen atoms in total. The Kier molecular flexibility index (Phi) is 5.19. The van der Waals surface area contributed by atoms with E-state index >= 15 is 0 Å². The number of nitrogens with one attached hydrogen (secondary N) is 2. The first kappa shape index (κ1) is 17.1. The molecule has 3 aromatic rings. The van der Waals surface area contributed by atoms with Crippen LogP contribution in [0, 0.1) is 0 Å². The summed E-state index contributed by atoms with van der Waals surface area (Å²) in [5.41, 5.74) is 2.34. The first-order valence-electron chi connectivity index (χ1n) is 7.78. The smallest absolute Gasteiger partial charge is 0.337 e. The van der Waals surface area contributed by atoms with Gasteiger partial charge in [-0.25, -0.2) is 9.78 Å². The number of aromatic nitrogens is 2. The zero-order valence-electron chi connectivity index (χ0n) is 14.0. The van der Waals surface area contributed by atoms with Gasteiger partial charge in [0.2, 0.25) is 0 Å². The van der Waals surface area contributed by atoms with E-state index in [1.54, 1.807) is 54.9 Å². The lowest BCUT2D eigenvalue weighted by atomic mass is 10.2. The van der Waals surface area contributed by atoms with E-state index in [4.69, 9.17) is 4.74 Å². The highest BCUT2D eigenvalue weighted by molar-refractivity contribution is 6.03. The number of hydrogen-bond acceptors (Lipinski definition) is 6. The highest BCUT2D eigenvalue weighted by Crippen LogP contribution is 2.19. The highest BCUT2D eigenvalue weighted by atomic mass is 16.5. The highest BCUT2D eigenvalue weighted by Gasteiger charge is 2.08. The van der Waals surface area contributed by atoms with E-state index in [-0.39, 0.29) is 5.91 Å². The van der Waals surface area contributed by atoms with Crippen molar-refractivity contribution in [3.8, 4) is 0 Å². The molecule has 0 unspecified atom stereocenters. The maximum Gasteiger partial charge on any atom is 0.337 e. The minimum Gasteiger partial charge on any atom is -0.465 e. The van der Waals surface area contributed by atoms with E-state index in [9.17, 15) is 9.59 Å². The molecular weight excluding hydrogens is 332 g/mol. The topological polar surface area (TPSA) is 93.2 Å². The molecule has 0 saturated heterocycles. The van der Waals surface area contributed by atoms with Crippen LogP contribution in [-0.2, 0) is 4.74 Å². The summed E-state index contributed by atoms with van der Waals surface area (Å²) in [5.74, 6) is -0.259. The van der Waals surface area contributed by atoms with Crippen LogP contribution in [0.25, 0.3) is 0 Å². The molecule has 0 fully saturated rings. The van der Waals surface area contributed by atoms with Gasteiger partial charge < -0.3 is 15.4 Å². The van der Waals surface area contributed by atoms with E-state index in [2.05, 4.69) is 20.6 Å². The molecule has 1 amide bonds. The first-order valence-corrected chi connectivity index (χ1v) is 7.78. The van der Waals surface area contributed by atoms with Gasteiger partial charge in [-0.2, -0.15) is 0 Å². The van der Waals surface area contributed by atoms with Crippen LogP contribution in [0.5, 0.6) is 0 Å². The van der Waals surface area contributed by atoms with Crippen LogP contribution in [0.15, 0.2) is 67.1 Å². The van der Waals surface area contributed by atoms with Crippen LogP contribution in [-0.4, -0.2) is 29.0 Å². The normalized spacial score (nSPS) is 10.0. The SMILES string of the molecule is COC(=O)c1cccc(Nc2ccc(NC(=O)c3cccnc3)nc2)c1. The monoisotopic (exact) mass is 348 g/mol. The molecular formula is C19H16N4O3. The molecule has 0 bridgehead atoms. The number of nitrogens with zero attached hydrogens (tertiary/aromatic N) is 2. The summed E-state index contributed by atoms with van der Waals surface area (Å²) in [7, 11) is 1.34. The molecule has 7 heteroatoms. The van der Waals surface area contributed by atoms with Crippen molar-refractivity contribution in [2.24, 2.45) is 0 Å². The van der Waals surface area contributed by atoms with Crippen molar-refractivity contribution >= 4 is 29.1 Å². The Morgan fingerprint density at radius 2 is 1.81 bits per heavy atom. The number of amides is 1. The molecule has 2 heterocycles. The first-order chi connectivity index (χ1) is 12.7. The molecule has 3 rings (SSSR count). The van der Waals surface area contributed by atoms with Gasteiger partial charge in [0.1, 0.15) is 5.82 Å². The average molecular weight is 348 g/mol. The Balaban J connectivity index is 1.66. The maximum atomic E-state index is 12.1. The second-order valence-electron chi connectivity index (χ2n) is 5.33. The van der Waals surface area contributed by atoms with Crippen molar-refractivity contribution in [3.63, 3.8) is 0 Å². The van der Waals surface area contributed by atoms with E-state index in [1.165, 1.54) is 13.3 Å². The quantitative estimate of drug-likeness (QED) is 0.688. The Morgan fingerprint density at radius 1 is 0.962 bits per heavy atom. The number of anilines is 3. The summed E-state index contributed by atoms with van der Waals surface area (Å²) in [4.78, 5) is 31.8. The molecule has 130 valence electrons. The van der Waals surface area contributed by atoms with Crippen LogP contribution < -0.4 is 10.6 Å². The fourth-order valence-electron chi connectivity index (χ4n) is 2.24. The molecule has 0 atom stereocenters. The van der Waals surface area contributed by atoms with Gasteiger partial charge in [-0.3, -0.25) is 9.78 Å². The molecule has 26 heavy (non-hydrogen) atoms. The number of rotatable bonds is 5. The predicted molar refractivity (Wildman–Crippen MR) is 97.5 cm³/mol. The van der Waals surface area contributed by atoms with Crippen LogP contribution in [0.4, 0.5) is 17.2 Å². The van der Waals surface area contributed by atoms with E-state index < -0.39 is 5.97 Å². The van der Waals surface area contributed by atoms with Crippen molar-refractivity contribution < 1.29 is 14.3 Å². The second kappa shape index (κ2) is 7.89. The molecule has 0 aliphatic heterocycles. The second-order valence-corrected chi connectivity index (χ2v) is 5.33. The summed E-state index contributed by atoms with van der Waals surface area (Å²) < 4.78 is 4.71. The zero-order chi connectivity index (χ0) is 18.4. The summed E-state index contributed by atoms with van der Waals surface area (Å²) in [5, 5.41) is 5.84. The number of ether oxygens (including phenoxy) is 1. The number of carbonyl (C=O) groups is 2. The lowest BCUT2D eigenvalue weighted by Crippen LogP contribution is -2.13. The summed E-state index contributed by atoms with van der Waals surface area (Å²) in [6, 6.07) is 13.8.